The van der Waals surface area contributed by atoms with Crippen LogP contribution in [0, 0.1) is 17.2 Å². The molecule has 2 atom stereocenters. The Labute approximate surface area is 61.0 Å². The summed E-state index contributed by atoms with van der Waals surface area (Å²) < 4.78 is 5.11. The third-order valence-corrected chi connectivity index (χ3v) is 1.83. The Kier molecular flexibility index (Phi) is 2.67. The van der Waals surface area contributed by atoms with Crippen molar-refractivity contribution >= 4 is 0 Å². The molecule has 1 fully saturated rings. The van der Waals surface area contributed by atoms with E-state index in [2.05, 4.69) is 11.4 Å². The van der Waals surface area contributed by atoms with Crippen molar-refractivity contribution in [3.05, 3.63) is 0 Å². The minimum atomic E-state index is 0.138. The van der Waals surface area contributed by atoms with Crippen molar-refractivity contribution in [1.82, 2.24) is 5.32 Å². The molecule has 3 nitrogen and oxygen atoms in total. The summed E-state index contributed by atoms with van der Waals surface area (Å²) in [5, 5.41) is 11.7. The van der Waals surface area contributed by atoms with E-state index in [1.54, 1.807) is 7.11 Å². The fraction of sp³-hybridized carbons (Fsp3) is 0.857. The average Bonchev–Trinajstić information content (AvgIpc) is 2.05. The van der Waals surface area contributed by atoms with E-state index in [4.69, 9.17) is 10.00 Å². The normalized spacial score (nSPS) is 33.2. The van der Waals surface area contributed by atoms with Gasteiger partial charge in [-0.25, -0.2) is 0 Å². The quantitative estimate of drug-likeness (QED) is 0.563. The highest BCUT2D eigenvalue weighted by molar-refractivity contribution is 4.90. The smallest absolute Gasteiger partial charge is 0.0708 e. The molecule has 0 aromatic heterocycles. The molecule has 0 amide bonds. The largest absolute Gasteiger partial charge is 0.380 e. The molecule has 0 aromatic rings. The van der Waals surface area contributed by atoms with E-state index >= 15 is 0 Å². The molecular weight excluding hydrogens is 128 g/mol. The Balaban J connectivity index is 2.33. The molecule has 0 radical (unpaired) electrons. The summed E-state index contributed by atoms with van der Waals surface area (Å²) in [6.07, 6.45) is 1.11. The molecule has 0 bridgehead atoms. The molecule has 1 aliphatic heterocycles. The maximum Gasteiger partial charge on any atom is 0.0708 e. The maximum absolute atomic E-state index is 8.56. The van der Waals surface area contributed by atoms with E-state index in [1.165, 1.54) is 0 Å². The first-order chi connectivity index (χ1) is 4.86. The number of nitrogens with one attached hydrogen (secondary N) is 1. The first-order valence-corrected chi connectivity index (χ1v) is 3.50. The summed E-state index contributed by atoms with van der Waals surface area (Å²) in [6, 6.07) is 2.23. The lowest BCUT2D eigenvalue weighted by atomic mass is 9.99. The summed E-state index contributed by atoms with van der Waals surface area (Å²) in [5.74, 6) is 0.138. The zero-order valence-corrected chi connectivity index (χ0v) is 6.13. The number of rotatable bonds is 1. The molecule has 10 heavy (non-hydrogen) atoms. The predicted molar refractivity (Wildman–Crippen MR) is 37.4 cm³/mol. The summed E-state index contributed by atoms with van der Waals surface area (Å²) in [4.78, 5) is 0. The lowest BCUT2D eigenvalue weighted by Crippen LogP contribution is -2.39. The molecule has 3 heteroatoms. The standard InChI is InChI=1S/C7H12N2O/c1-10-7-2-6(3-8)4-9-5-7/h6-7,9H,2,4-5H2,1H3. The van der Waals surface area contributed by atoms with Crippen LogP contribution in [-0.2, 0) is 4.74 Å². The first-order valence-electron chi connectivity index (χ1n) is 3.50. The fourth-order valence-corrected chi connectivity index (χ4v) is 1.18. The van der Waals surface area contributed by atoms with Crippen LogP contribution in [0.15, 0.2) is 0 Å². The highest BCUT2D eigenvalue weighted by Gasteiger charge is 2.20. The van der Waals surface area contributed by atoms with Crippen molar-refractivity contribution in [3.8, 4) is 6.07 Å². The Hall–Kier alpha value is -0.590. The van der Waals surface area contributed by atoms with Gasteiger partial charge in [0.1, 0.15) is 0 Å². The number of ether oxygens (including phenoxy) is 1. The Morgan fingerprint density at radius 3 is 3.00 bits per heavy atom. The van der Waals surface area contributed by atoms with Crippen molar-refractivity contribution in [3.63, 3.8) is 0 Å². The first kappa shape index (κ1) is 7.52. The summed E-state index contributed by atoms with van der Waals surface area (Å²) in [5.41, 5.74) is 0. The minimum absolute atomic E-state index is 0.138. The van der Waals surface area contributed by atoms with Gasteiger partial charge in [0.25, 0.3) is 0 Å². The average molecular weight is 140 g/mol. The molecule has 1 N–H and O–H groups in total. The fourth-order valence-electron chi connectivity index (χ4n) is 1.18. The second-order valence-corrected chi connectivity index (χ2v) is 2.58. The maximum atomic E-state index is 8.56. The Morgan fingerprint density at radius 2 is 2.40 bits per heavy atom. The van der Waals surface area contributed by atoms with Gasteiger partial charge in [-0.05, 0) is 6.42 Å². The van der Waals surface area contributed by atoms with E-state index < -0.39 is 0 Å². The van der Waals surface area contributed by atoms with Gasteiger partial charge in [-0.3, -0.25) is 0 Å². The van der Waals surface area contributed by atoms with Gasteiger partial charge in [-0.2, -0.15) is 5.26 Å². The SMILES string of the molecule is COC1CNCC(C#N)C1. The highest BCUT2D eigenvalue weighted by Crippen LogP contribution is 2.10. The zero-order valence-electron chi connectivity index (χ0n) is 6.13. The molecule has 1 aliphatic rings. The molecular formula is C7H12N2O. The van der Waals surface area contributed by atoms with Gasteiger partial charge in [0, 0.05) is 20.2 Å². The van der Waals surface area contributed by atoms with Crippen LogP contribution in [0.5, 0.6) is 0 Å². The molecule has 0 spiro atoms. The molecule has 2 unspecified atom stereocenters. The second-order valence-electron chi connectivity index (χ2n) is 2.58. The van der Waals surface area contributed by atoms with Crippen molar-refractivity contribution in [2.75, 3.05) is 20.2 Å². The van der Waals surface area contributed by atoms with E-state index in [1.807, 2.05) is 0 Å². The zero-order chi connectivity index (χ0) is 7.40. The van der Waals surface area contributed by atoms with Gasteiger partial charge in [-0.1, -0.05) is 0 Å². The lowest BCUT2D eigenvalue weighted by molar-refractivity contribution is 0.0706. The Bertz CT molecular complexity index is 141. The number of hydrogen-bond donors (Lipinski definition) is 1. The van der Waals surface area contributed by atoms with E-state index in [0.29, 0.717) is 0 Å². The van der Waals surface area contributed by atoms with Gasteiger partial charge in [0.05, 0.1) is 18.1 Å². The number of nitriles is 1. The van der Waals surface area contributed by atoms with Crippen LogP contribution in [0.25, 0.3) is 0 Å². The van der Waals surface area contributed by atoms with Crippen LogP contribution in [0.3, 0.4) is 0 Å². The van der Waals surface area contributed by atoms with Crippen LogP contribution in [0.2, 0.25) is 0 Å². The van der Waals surface area contributed by atoms with Crippen LogP contribution >= 0.6 is 0 Å². The highest BCUT2D eigenvalue weighted by atomic mass is 16.5. The van der Waals surface area contributed by atoms with Crippen molar-refractivity contribution < 1.29 is 4.74 Å². The number of methoxy groups -OCH3 is 1. The Morgan fingerprint density at radius 1 is 1.60 bits per heavy atom. The van der Waals surface area contributed by atoms with Gasteiger partial charge in [0.15, 0.2) is 0 Å². The van der Waals surface area contributed by atoms with Crippen LogP contribution in [-0.4, -0.2) is 26.3 Å². The van der Waals surface area contributed by atoms with Gasteiger partial charge >= 0.3 is 0 Å². The van der Waals surface area contributed by atoms with Crippen molar-refractivity contribution in [2.45, 2.75) is 12.5 Å². The number of nitrogens with zero attached hydrogens (tertiary/aromatic N) is 1. The topological polar surface area (TPSA) is 45.0 Å². The molecule has 1 heterocycles. The van der Waals surface area contributed by atoms with Gasteiger partial charge < -0.3 is 10.1 Å². The van der Waals surface area contributed by atoms with Gasteiger partial charge in [-0.15, -0.1) is 0 Å². The van der Waals surface area contributed by atoms with Crippen molar-refractivity contribution in [1.29, 1.82) is 5.26 Å². The molecule has 0 saturated carbocycles. The number of piperidine rings is 1. The summed E-state index contributed by atoms with van der Waals surface area (Å²) in [6.45, 7) is 1.70. The molecule has 1 saturated heterocycles. The van der Waals surface area contributed by atoms with E-state index in [9.17, 15) is 0 Å². The summed E-state index contributed by atoms with van der Waals surface area (Å²) in [7, 11) is 1.69. The lowest BCUT2D eigenvalue weighted by Gasteiger charge is -2.24. The van der Waals surface area contributed by atoms with E-state index in [-0.39, 0.29) is 12.0 Å². The minimum Gasteiger partial charge on any atom is -0.380 e. The monoisotopic (exact) mass is 140 g/mol. The molecule has 0 aliphatic carbocycles. The molecule has 56 valence electrons. The van der Waals surface area contributed by atoms with Crippen molar-refractivity contribution in [2.24, 2.45) is 5.92 Å². The van der Waals surface area contributed by atoms with Crippen LogP contribution in [0.1, 0.15) is 6.42 Å². The van der Waals surface area contributed by atoms with Crippen LogP contribution < -0.4 is 5.32 Å². The summed E-state index contributed by atoms with van der Waals surface area (Å²) >= 11 is 0. The van der Waals surface area contributed by atoms with Crippen LogP contribution in [0.4, 0.5) is 0 Å². The molecule has 1 rings (SSSR count). The second kappa shape index (κ2) is 3.55. The predicted octanol–water partition coefficient (Wildman–Crippen LogP) is 0.134. The van der Waals surface area contributed by atoms with Gasteiger partial charge in [0.2, 0.25) is 0 Å². The third-order valence-electron chi connectivity index (χ3n) is 1.83. The number of hydrogen-bond acceptors (Lipinski definition) is 3. The molecule has 0 aromatic carbocycles. The van der Waals surface area contributed by atoms with E-state index in [0.717, 1.165) is 19.5 Å². The third kappa shape index (κ3) is 1.69.